The van der Waals surface area contributed by atoms with E-state index in [4.69, 9.17) is 21.1 Å². The van der Waals surface area contributed by atoms with Crippen molar-refractivity contribution in [3.05, 3.63) is 87.4 Å². The molecule has 5 nitrogen and oxygen atoms in total. The van der Waals surface area contributed by atoms with Gasteiger partial charge in [-0.05, 0) is 58.7 Å². The van der Waals surface area contributed by atoms with Crippen LogP contribution < -0.4 is 14.9 Å². The van der Waals surface area contributed by atoms with Gasteiger partial charge in [0.05, 0.1) is 23.0 Å². The van der Waals surface area contributed by atoms with Crippen molar-refractivity contribution in [3.63, 3.8) is 0 Å². The van der Waals surface area contributed by atoms with Crippen LogP contribution in [0.4, 0.5) is 0 Å². The highest BCUT2D eigenvalue weighted by atomic mass is 79.9. The van der Waals surface area contributed by atoms with Gasteiger partial charge in [-0.2, -0.15) is 5.10 Å². The Labute approximate surface area is 205 Å². The lowest BCUT2D eigenvalue weighted by molar-refractivity contribution is -0.120. The summed E-state index contributed by atoms with van der Waals surface area (Å²) in [6.45, 7) is 2.14. The summed E-state index contributed by atoms with van der Waals surface area (Å²) in [6, 6.07) is 20.9. The first-order valence-electron chi connectivity index (χ1n) is 9.76. The summed E-state index contributed by atoms with van der Waals surface area (Å²) >= 11 is 11.2. The first kappa shape index (κ1) is 24.2. The minimum atomic E-state index is -0.281. The maximum absolute atomic E-state index is 12.3. The minimum absolute atomic E-state index is 0.180. The number of halogens is 2. The van der Waals surface area contributed by atoms with Gasteiger partial charge in [0, 0.05) is 15.5 Å². The van der Waals surface area contributed by atoms with Crippen molar-refractivity contribution < 1.29 is 14.3 Å². The van der Waals surface area contributed by atoms with E-state index in [-0.39, 0.29) is 11.2 Å². The fourth-order valence-electron chi connectivity index (χ4n) is 2.74. The molecule has 0 aromatic heterocycles. The summed E-state index contributed by atoms with van der Waals surface area (Å²) in [5, 5.41) is 4.44. The molecule has 166 valence electrons. The molecule has 0 radical (unpaired) electrons. The molecule has 1 N–H and O–H groups in total. The Balaban J connectivity index is 1.63. The molecule has 3 aromatic rings. The topological polar surface area (TPSA) is 59.9 Å². The van der Waals surface area contributed by atoms with Gasteiger partial charge in [-0.25, -0.2) is 5.43 Å². The second-order valence-electron chi connectivity index (χ2n) is 6.72. The molecule has 1 atom stereocenters. The predicted octanol–water partition coefficient (Wildman–Crippen LogP) is 6.32. The van der Waals surface area contributed by atoms with E-state index >= 15 is 0 Å². The summed E-state index contributed by atoms with van der Waals surface area (Å²) in [7, 11) is 1.56. The second kappa shape index (κ2) is 11.9. The van der Waals surface area contributed by atoms with Gasteiger partial charge in [0.25, 0.3) is 5.91 Å². The Bertz CT molecular complexity index is 1100. The van der Waals surface area contributed by atoms with E-state index in [9.17, 15) is 4.79 Å². The number of ether oxygens (including phenoxy) is 2. The third-order valence-corrected chi connectivity index (χ3v) is 6.47. The molecule has 3 rings (SSSR count). The molecule has 0 aliphatic rings. The Morgan fingerprint density at radius 2 is 1.91 bits per heavy atom. The largest absolute Gasteiger partial charge is 0.493 e. The number of nitrogens with one attached hydrogen (secondary N) is 1. The molecular formula is C24H22BrClN2O3S. The monoisotopic (exact) mass is 532 g/mol. The second-order valence-corrected chi connectivity index (χ2v) is 9.40. The van der Waals surface area contributed by atoms with Crippen molar-refractivity contribution in [1.82, 2.24) is 5.43 Å². The number of amides is 1. The predicted molar refractivity (Wildman–Crippen MR) is 134 cm³/mol. The smallest absolute Gasteiger partial charge is 0.253 e. The van der Waals surface area contributed by atoms with Crippen molar-refractivity contribution >= 4 is 51.4 Å². The lowest BCUT2D eigenvalue weighted by Crippen LogP contribution is -2.26. The Morgan fingerprint density at radius 1 is 1.19 bits per heavy atom. The maximum atomic E-state index is 12.3. The van der Waals surface area contributed by atoms with E-state index in [1.54, 1.807) is 19.4 Å². The Hall–Kier alpha value is -2.48. The van der Waals surface area contributed by atoms with Gasteiger partial charge in [0.2, 0.25) is 0 Å². The minimum Gasteiger partial charge on any atom is -0.493 e. The van der Waals surface area contributed by atoms with E-state index < -0.39 is 0 Å². The number of thioether (sulfide) groups is 1. The summed E-state index contributed by atoms with van der Waals surface area (Å²) in [5.41, 5.74) is 4.20. The highest BCUT2D eigenvalue weighted by Crippen LogP contribution is 2.37. The lowest BCUT2D eigenvalue weighted by Gasteiger charge is -2.14. The van der Waals surface area contributed by atoms with Crippen LogP contribution in [-0.4, -0.2) is 24.5 Å². The van der Waals surface area contributed by atoms with Gasteiger partial charge >= 0.3 is 0 Å². The van der Waals surface area contributed by atoms with Crippen molar-refractivity contribution in [2.75, 3.05) is 7.11 Å². The Morgan fingerprint density at radius 3 is 2.62 bits per heavy atom. The number of hydrogen-bond donors (Lipinski definition) is 1. The van der Waals surface area contributed by atoms with Crippen LogP contribution in [0, 0.1) is 0 Å². The number of methoxy groups -OCH3 is 1. The van der Waals surface area contributed by atoms with E-state index in [1.165, 1.54) is 11.8 Å². The first-order chi connectivity index (χ1) is 15.5. The maximum Gasteiger partial charge on any atom is 0.253 e. The number of hydrazone groups is 1. The van der Waals surface area contributed by atoms with E-state index in [1.807, 2.05) is 67.6 Å². The summed E-state index contributed by atoms with van der Waals surface area (Å²) in [5.74, 6) is 0.912. The molecular weight excluding hydrogens is 512 g/mol. The Kier molecular flexibility index (Phi) is 9.02. The fourth-order valence-corrected chi connectivity index (χ4v) is 4.38. The van der Waals surface area contributed by atoms with Crippen LogP contribution >= 0.6 is 39.3 Å². The zero-order valence-electron chi connectivity index (χ0n) is 17.5. The molecule has 0 bridgehead atoms. The van der Waals surface area contributed by atoms with Crippen LogP contribution in [0.15, 0.2) is 81.2 Å². The molecule has 0 fully saturated rings. The van der Waals surface area contributed by atoms with E-state index in [2.05, 4.69) is 26.5 Å². The van der Waals surface area contributed by atoms with Gasteiger partial charge < -0.3 is 9.47 Å². The first-order valence-corrected chi connectivity index (χ1v) is 11.8. The summed E-state index contributed by atoms with van der Waals surface area (Å²) in [4.78, 5) is 13.3. The van der Waals surface area contributed by atoms with Gasteiger partial charge in [0.1, 0.15) is 6.61 Å². The van der Waals surface area contributed by atoms with E-state index in [0.29, 0.717) is 27.6 Å². The average Bonchev–Trinajstić information content (AvgIpc) is 2.79. The summed E-state index contributed by atoms with van der Waals surface area (Å²) < 4.78 is 12.1. The van der Waals surface area contributed by atoms with Gasteiger partial charge in [-0.3, -0.25) is 4.79 Å². The highest BCUT2D eigenvalue weighted by Gasteiger charge is 2.14. The average molecular weight is 534 g/mol. The normalized spacial score (nSPS) is 11.9. The number of carbonyl (C=O) groups is 1. The number of carbonyl (C=O) groups excluding carboxylic acids is 1. The molecule has 8 heteroatoms. The highest BCUT2D eigenvalue weighted by molar-refractivity contribution is 9.10. The molecule has 3 aromatic carbocycles. The third kappa shape index (κ3) is 6.76. The molecule has 0 aliphatic heterocycles. The third-order valence-electron chi connectivity index (χ3n) is 4.40. The molecule has 0 aliphatic carbocycles. The van der Waals surface area contributed by atoms with Crippen molar-refractivity contribution in [2.45, 2.75) is 23.7 Å². The molecule has 32 heavy (non-hydrogen) atoms. The van der Waals surface area contributed by atoms with Gasteiger partial charge in [0.15, 0.2) is 11.5 Å². The van der Waals surface area contributed by atoms with Gasteiger partial charge in [-0.1, -0.05) is 48.0 Å². The molecule has 0 heterocycles. The molecule has 0 saturated heterocycles. The van der Waals surface area contributed by atoms with Crippen molar-refractivity contribution in [1.29, 1.82) is 0 Å². The number of rotatable bonds is 9. The van der Waals surface area contributed by atoms with Crippen LogP contribution in [0.3, 0.4) is 0 Å². The zero-order valence-corrected chi connectivity index (χ0v) is 20.7. The molecule has 0 saturated carbocycles. The lowest BCUT2D eigenvalue weighted by atomic mass is 10.2. The van der Waals surface area contributed by atoms with Gasteiger partial charge in [-0.15, -0.1) is 11.8 Å². The number of hydrogen-bond acceptors (Lipinski definition) is 5. The fraction of sp³-hybridized carbons (Fsp3) is 0.167. The zero-order chi connectivity index (χ0) is 22.9. The summed E-state index contributed by atoms with van der Waals surface area (Å²) in [6.07, 6.45) is 1.56. The SMILES string of the molecule is COc1cc(/C=N\NC(=O)[C@H](C)Sc2ccccc2)cc(Br)c1OCc1ccccc1Cl. The number of benzene rings is 3. The molecule has 0 unspecified atom stereocenters. The molecule has 0 spiro atoms. The molecule has 1 amide bonds. The van der Waals surface area contributed by atoms with Crippen LogP contribution in [0.2, 0.25) is 5.02 Å². The standard InChI is InChI=1S/C24H22BrClN2O3S/c1-16(32-19-9-4-3-5-10-19)24(29)28-27-14-17-12-20(25)23(22(13-17)30-2)31-15-18-8-6-7-11-21(18)26/h3-14,16H,15H2,1-2H3,(H,28,29)/b27-14-/t16-/m0/s1. The van der Waals surface area contributed by atoms with Crippen LogP contribution in [0.25, 0.3) is 0 Å². The van der Waals surface area contributed by atoms with Crippen molar-refractivity contribution in [2.24, 2.45) is 5.10 Å². The number of nitrogens with zero attached hydrogens (tertiary/aromatic N) is 1. The van der Waals surface area contributed by atoms with E-state index in [0.717, 1.165) is 16.0 Å². The van der Waals surface area contributed by atoms with Crippen LogP contribution in [-0.2, 0) is 11.4 Å². The van der Waals surface area contributed by atoms with Crippen molar-refractivity contribution in [3.8, 4) is 11.5 Å². The quantitative estimate of drug-likeness (QED) is 0.199. The van der Waals surface area contributed by atoms with Crippen LogP contribution in [0.1, 0.15) is 18.1 Å². The van der Waals surface area contributed by atoms with Crippen LogP contribution in [0.5, 0.6) is 11.5 Å².